The number of piperazine rings is 1. The van der Waals surface area contributed by atoms with Gasteiger partial charge >= 0.3 is 5.97 Å². The largest absolute Gasteiger partial charge is 0.478 e. The van der Waals surface area contributed by atoms with Crippen LogP contribution in [0.4, 0.5) is 10.2 Å². The van der Waals surface area contributed by atoms with Crippen LogP contribution in [0.1, 0.15) is 32.2 Å². The van der Waals surface area contributed by atoms with Crippen molar-refractivity contribution in [1.82, 2.24) is 19.4 Å². The van der Waals surface area contributed by atoms with Crippen molar-refractivity contribution in [2.75, 3.05) is 31.1 Å². The molecule has 1 aliphatic heterocycles. The molecule has 3 aromatic heterocycles. The second kappa shape index (κ2) is 12.0. The zero-order chi connectivity index (χ0) is 29.1. The third kappa shape index (κ3) is 5.95. The van der Waals surface area contributed by atoms with Gasteiger partial charge in [0.2, 0.25) is 5.88 Å². The highest BCUT2D eigenvalue weighted by Gasteiger charge is 2.22. The number of carboxylic acids is 1. The fraction of sp³-hybridized carbons (Fsp3) is 0.226. The van der Waals surface area contributed by atoms with Gasteiger partial charge in [0.15, 0.2) is 0 Å². The molecule has 1 N–H and O–H groups in total. The molecule has 0 spiro atoms. The minimum Gasteiger partial charge on any atom is -0.478 e. The zero-order valence-electron chi connectivity index (χ0n) is 22.6. The van der Waals surface area contributed by atoms with Crippen LogP contribution < -0.4 is 9.64 Å². The van der Waals surface area contributed by atoms with E-state index in [1.807, 2.05) is 29.6 Å². The number of fused-ring (bicyclic) bond motifs is 1. The molecule has 0 radical (unpaired) electrons. The number of thiophene rings is 1. The lowest BCUT2D eigenvalue weighted by Crippen LogP contribution is -2.46. The number of anilines is 1. The lowest BCUT2D eigenvalue weighted by Gasteiger charge is -2.35. The summed E-state index contributed by atoms with van der Waals surface area (Å²) in [6.45, 7) is 4.41. The molecule has 6 rings (SSSR count). The van der Waals surface area contributed by atoms with Crippen LogP contribution in [-0.2, 0) is 19.7 Å². The van der Waals surface area contributed by atoms with Crippen LogP contribution in [0.2, 0.25) is 0 Å². The van der Waals surface area contributed by atoms with Crippen molar-refractivity contribution < 1.29 is 19.0 Å². The van der Waals surface area contributed by atoms with Crippen LogP contribution in [-0.4, -0.2) is 56.7 Å². The number of nitrogens with zero attached hydrogens (tertiary/aromatic N) is 6. The van der Waals surface area contributed by atoms with Gasteiger partial charge in [-0.25, -0.2) is 14.2 Å². The summed E-state index contributed by atoms with van der Waals surface area (Å²) in [6, 6.07) is 21.0. The van der Waals surface area contributed by atoms with E-state index in [0.29, 0.717) is 24.5 Å². The SMILES string of the molecule is N#Cc1ccc(COc2cccc(N3CCN(Cc4nc5ccc(C(=O)O)cc5n4Cc4cccs4)CC3)n2)c(F)c1. The molecular formula is C31H27FN6O3S. The number of hydrogen-bond acceptors (Lipinski definition) is 8. The molecule has 0 unspecified atom stereocenters. The fourth-order valence-corrected chi connectivity index (χ4v) is 5.73. The molecular weight excluding hydrogens is 555 g/mol. The molecule has 0 atom stereocenters. The van der Waals surface area contributed by atoms with Gasteiger partial charge in [0.1, 0.15) is 24.1 Å². The number of hydrogen-bond donors (Lipinski definition) is 1. The molecule has 1 aliphatic rings. The van der Waals surface area contributed by atoms with Crippen LogP contribution in [0.25, 0.3) is 11.0 Å². The Labute approximate surface area is 245 Å². The number of nitriles is 1. The number of rotatable bonds is 9. The summed E-state index contributed by atoms with van der Waals surface area (Å²) in [5.74, 6) is 0.661. The summed E-state index contributed by atoms with van der Waals surface area (Å²) in [7, 11) is 0. The first kappa shape index (κ1) is 27.4. The van der Waals surface area contributed by atoms with Crippen LogP contribution >= 0.6 is 11.3 Å². The molecule has 42 heavy (non-hydrogen) atoms. The molecule has 0 aliphatic carbocycles. The number of benzene rings is 2. The average Bonchev–Trinajstić information content (AvgIpc) is 3.65. The third-order valence-corrected chi connectivity index (χ3v) is 8.16. The van der Waals surface area contributed by atoms with Gasteiger partial charge in [0.05, 0.1) is 41.3 Å². The molecule has 0 amide bonds. The summed E-state index contributed by atoms with van der Waals surface area (Å²) in [5, 5.41) is 20.5. The molecule has 1 fully saturated rings. The van der Waals surface area contributed by atoms with Gasteiger partial charge in [-0.05, 0) is 47.8 Å². The van der Waals surface area contributed by atoms with E-state index in [1.165, 1.54) is 10.9 Å². The van der Waals surface area contributed by atoms with E-state index in [2.05, 4.69) is 25.4 Å². The summed E-state index contributed by atoms with van der Waals surface area (Å²) >= 11 is 1.67. The van der Waals surface area contributed by atoms with Gasteiger partial charge in [0, 0.05) is 42.7 Å². The van der Waals surface area contributed by atoms with E-state index in [-0.39, 0.29) is 17.7 Å². The normalized spacial score (nSPS) is 13.8. The number of pyridine rings is 1. The van der Waals surface area contributed by atoms with Crippen molar-refractivity contribution >= 4 is 34.2 Å². The molecule has 0 bridgehead atoms. The number of carboxylic acid groups (broad SMARTS) is 1. The van der Waals surface area contributed by atoms with Crippen molar-refractivity contribution in [2.24, 2.45) is 0 Å². The maximum absolute atomic E-state index is 14.2. The summed E-state index contributed by atoms with van der Waals surface area (Å²) in [5.41, 5.74) is 2.48. The number of aromatic nitrogens is 3. The Hall–Kier alpha value is -4.79. The van der Waals surface area contributed by atoms with E-state index in [4.69, 9.17) is 15.0 Å². The van der Waals surface area contributed by atoms with Crippen LogP contribution in [0.15, 0.2) is 72.1 Å². The Balaban J connectivity index is 1.12. The summed E-state index contributed by atoms with van der Waals surface area (Å²) in [6.07, 6.45) is 0. The van der Waals surface area contributed by atoms with E-state index in [9.17, 15) is 14.3 Å². The standard InChI is InChI=1S/C31H27FN6O3S/c32-25-15-21(17-33)6-7-23(25)20-41-30-5-1-4-28(35-30)37-12-10-36(11-13-37)19-29-34-26-9-8-22(31(39)40)16-27(26)38(29)18-24-3-2-14-42-24/h1-9,14-16H,10-13,18-20H2,(H,39,40). The molecule has 2 aromatic carbocycles. The van der Waals surface area contributed by atoms with Crippen LogP contribution in [0, 0.1) is 17.1 Å². The molecule has 212 valence electrons. The lowest BCUT2D eigenvalue weighted by atomic mass is 10.1. The summed E-state index contributed by atoms with van der Waals surface area (Å²) < 4.78 is 22.1. The van der Waals surface area contributed by atoms with Crippen LogP contribution in [0.5, 0.6) is 5.88 Å². The van der Waals surface area contributed by atoms with Gasteiger partial charge in [-0.1, -0.05) is 18.2 Å². The highest BCUT2D eigenvalue weighted by Crippen LogP contribution is 2.24. The van der Waals surface area contributed by atoms with Crippen molar-refractivity contribution in [3.05, 3.63) is 105 Å². The number of carbonyl (C=O) groups is 1. The quantitative estimate of drug-likeness (QED) is 0.254. The van der Waals surface area contributed by atoms with E-state index >= 15 is 0 Å². The topological polar surface area (TPSA) is 108 Å². The minimum atomic E-state index is -0.956. The van der Waals surface area contributed by atoms with Crippen molar-refractivity contribution in [2.45, 2.75) is 19.7 Å². The molecule has 5 aromatic rings. The van der Waals surface area contributed by atoms with Crippen LogP contribution in [0.3, 0.4) is 0 Å². The Kier molecular flexibility index (Phi) is 7.81. The maximum atomic E-state index is 14.2. The second-order valence-corrected chi connectivity index (χ2v) is 11.0. The maximum Gasteiger partial charge on any atom is 0.335 e. The lowest BCUT2D eigenvalue weighted by molar-refractivity contribution is 0.0697. The van der Waals surface area contributed by atoms with Gasteiger partial charge < -0.3 is 19.3 Å². The first-order valence-electron chi connectivity index (χ1n) is 13.5. The predicted molar refractivity (Wildman–Crippen MR) is 157 cm³/mol. The molecule has 4 heterocycles. The predicted octanol–water partition coefficient (Wildman–Crippen LogP) is 5.15. The highest BCUT2D eigenvalue weighted by molar-refractivity contribution is 7.09. The van der Waals surface area contributed by atoms with E-state index in [0.717, 1.165) is 48.9 Å². The van der Waals surface area contributed by atoms with E-state index < -0.39 is 11.8 Å². The number of imidazole rings is 1. The smallest absolute Gasteiger partial charge is 0.335 e. The fourth-order valence-electron chi connectivity index (χ4n) is 5.04. The first-order chi connectivity index (χ1) is 20.5. The Morgan fingerprint density at radius 3 is 2.62 bits per heavy atom. The Morgan fingerprint density at radius 1 is 1.02 bits per heavy atom. The molecule has 11 heteroatoms. The van der Waals surface area contributed by atoms with Crippen molar-refractivity contribution in [3.63, 3.8) is 0 Å². The molecule has 0 saturated carbocycles. The minimum absolute atomic E-state index is 0.0161. The highest BCUT2D eigenvalue weighted by atomic mass is 32.1. The van der Waals surface area contributed by atoms with E-state index in [1.54, 1.807) is 47.7 Å². The number of aromatic carboxylic acids is 1. The number of ether oxygens (including phenoxy) is 1. The second-order valence-electron chi connectivity index (χ2n) is 10.0. The van der Waals surface area contributed by atoms with Gasteiger partial charge in [0.25, 0.3) is 0 Å². The first-order valence-corrected chi connectivity index (χ1v) is 14.4. The van der Waals surface area contributed by atoms with Gasteiger partial charge in [-0.2, -0.15) is 10.2 Å². The van der Waals surface area contributed by atoms with Gasteiger partial charge in [-0.3, -0.25) is 4.90 Å². The van der Waals surface area contributed by atoms with Crippen molar-refractivity contribution in [1.29, 1.82) is 5.26 Å². The third-order valence-electron chi connectivity index (χ3n) is 7.30. The summed E-state index contributed by atoms with van der Waals surface area (Å²) in [4.78, 5) is 26.9. The monoisotopic (exact) mass is 582 g/mol. The van der Waals surface area contributed by atoms with Crippen molar-refractivity contribution in [3.8, 4) is 11.9 Å². The average molecular weight is 583 g/mol. The Morgan fingerprint density at radius 2 is 1.88 bits per heavy atom. The zero-order valence-corrected chi connectivity index (χ0v) is 23.4. The Bertz CT molecular complexity index is 1770. The van der Waals surface area contributed by atoms with Gasteiger partial charge in [-0.15, -0.1) is 11.3 Å². The molecule has 1 saturated heterocycles. The number of halogens is 1. The molecule has 9 nitrogen and oxygen atoms in total.